The summed E-state index contributed by atoms with van der Waals surface area (Å²) in [6, 6.07) is 3.92. The first kappa shape index (κ1) is 13.2. The Balaban J connectivity index is 2.26. The molecular formula is C13H15Br2NO. The van der Waals surface area contributed by atoms with Gasteiger partial charge in [-0.15, -0.1) is 0 Å². The van der Waals surface area contributed by atoms with Gasteiger partial charge in [-0.05, 0) is 44.0 Å². The molecule has 17 heavy (non-hydrogen) atoms. The Hall–Kier alpha value is -0.190. The minimum Gasteiger partial charge on any atom is -0.316 e. The fourth-order valence-electron chi connectivity index (χ4n) is 2.13. The van der Waals surface area contributed by atoms with Gasteiger partial charge in [0, 0.05) is 27.0 Å². The number of benzene rings is 1. The third kappa shape index (κ3) is 2.98. The molecule has 1 aromatic rings. The highest BCUT2D eigenvalue weighted by molar-refractivity contribution is 9.11. The van der Waals surface area contributed by atoms with E-state index in [-0.39, 0.29) is 11.7 Å². The zero-order valence-electron chi connectivity index (χ0n) is 9.72. The Kier molecular flexibility index (Phi) is 4.39. The Morgan fingerprint density at radius 2 is 2.12 bits per heavy atom. The van der Waals surface area contributed by atoms with Gasteiger partial charge in [0.2, 0.25) is 0 Å². The van der Waals surface area contributed by atoms with Crippen molar-refractivity contribution in [3.63, 3.8) is 0 Å². The summed E-state index contributed by atoms with van der Waals surface area (Å²) < 4.78 is 1.89. The maximum absolute atomic E-state index is 12.4. The molecule has 0 saturated carbocycles. The maximum atomic E-state index is 12.4. The van der Waals surface area contributed by atoms with E-state index in [1.54, 1.807) is 0 Å². The molecule has 1 N–H and O–H groups in total. The van der Waals surface area contributed by atoms with E-state index >= 15 is 0 Å². The van der Waals surface area contributed by atoms with Crippen molar-refractivity contribution in [1.82, 2.24) is 5.32 Å². The first-order valence-corrected chi connectivity index (χ1v) is 7.39. The van der Waals surface area contributed by atoms with E-state index in [0.717, 1.165) is 46.0 Å². The molecule has 1 aliphatic rings. The van der Waals surface area contributed by atoms with Gasteiger partial charge in [-0.25, -0.2) is 0 Å². The Bertz CT molecular complexity index is 439. The smallest absolute Gasteiger partial charge is 0.168 e. The van der Waals surface area contributed by atoms with E-state index < -0.39 is 0 Å². The molecule has 2 rings (SSSR count). The molecule has 1 aliphatic heterocycles. The molecule has 2 nitrogen and oxygen atoms in total. The highest BCUT2D eigenvalue weighted by Gasteiger charge is 2.24. The summed E-state index contributed by atoms with van der Waals surface area (Å²) >= 11 is 6.97. The number of halogens is 2. The van der Waals surface area contributed by atoms with Crippen LogP contribution in [0.1, 0.15) is 28.8 Å². The minimum atomic E-state index is 0.120. The van der Waals surface area contributed by atoms with Gasteiger partial charge < -0.3 is 5.32 Å². The molecule has 1 heterocycles. The number of aryl methyl sites for hydroxylation is 1. The minimum absolute atomic E-state index is 0.120. The molecule has 0 aliphatic carbocycles. The lowest BCUT2D eigenvalue weighted by molar-refractivity contribution is 0.0899. The van der Waals surface area contributed by atoms with E-state index in [0.29, 0.717) is 0 Å². The van der Waals surface area contributed by atoms with Crippen LogP contribution in [0.15, 0.2) is 21.1 Å². The monoisotopic (exact) mass is 359 g/mol. The van der Waals surface area contributed by atoms with Crippen LogP contribution in [0.4, 0.5) is 0 Å². The van der Waals surface area contributed by atoms with Gasteiger partial charge >= 0.3 is 0 Å². The van der Waals surface area contributed by atoms with Crippen molar-refractivity contribution in [3.05, 3.63) is 32.2 Å². The Morgan fingerprint density at radius 1 is 1.35 bits per heavy atom. The van der Waals surface area contributed by atoms with Crippen LogP contribution in [-0.4, -0.2) is 18.9 Å². The summed E-state index contributed by atoms with van der Waals surface area (Å²) in [5, 5.41) is 3.28. The van der Waals surface area contributed by atoms with Gasteiger partial charge in [-0.1, -0.05) is 31.9 Å². The molecule has 1 saturated heterocycles. The number of piperidine rings is 1. The van der Waals surface area contributed by atoms with Crippen molar-refractivity contribution in [3.8, 4) is 0 Å². The zero-order valence-corrected chi connectivity index (χ0v) is 12.9. The lowest BCUT2D eigenvalue weighted by atomic mass is 9.91. The van der Waals surface area contributed by atoms with Gasteiger partial charge in [0.05, 0.1) is 0 Å². The molecule has 0 radical (unpaired) electrons. The fraction of sp³-hybridized carbons (Fsp3) is 0.462. The van der Waals surface area contributed by atoms with Crippen molar-refractivity contribution in [1.29, 1.82) is 0 Å². The molecule has 1 unspecified atom stereocenters. The Morgan fingerprint density at radius 3 is 2.76 bits per heavy atom. The number of nitrogens with one attached hydrogen (secondary N) is 1. The first-order valence-electron chi connectivity index (χ1n) is 5.80. The van der Waals surface area contributed by atoms with Crippen LogP contribution in [0, 0.1) is 12.8 Å². The Labute approximate surface area is 118 Å². The zero-order chi connectivity index (χ0) is 12.4. The molecule has 1 fully saturated rings. The first-order chi connectivity index (χ1) is 8.09. The van der Waals surface area contributed by atoms with Crippen molar-refractivity contribution < 1.29 is 4.79 Å². The maximum Gasteiger partial charge on any atom is 0.168 e. The molecule has 4 heteroatoms. The van der Waals surface area contributed by atoms with Gasteiger partial charge in [0.1, 0.15) is 0 Å². The van der Waals surface area contributed by atoms with Gasteiger partial charge in [0.25, 0.3) is 0 Å². The molecule has 92 valence electrons. The molecule has 1 aromatic carbocycles. The van der Waals surface area contributed by atoms with Gasteiger partial charge in [-0.3, -0.25) is 4.79 Å². The highest BCUT2D eigenvalue weighted by atomic mass is 79.9. The largest absolute Gasteiger partial charge is 0.316 e. The third-order valence-corrected chi connectivity index (χ3v) is 4.69. The predicted octanol–water partition coefficient (Wildman–Crippen LogP) is 3.70. The second-order valence-electron chi connectivity index (χ2n) is 4.49. The SMILES string of the molecule is Cc1cc(Br)c(C(=O)C2CCCNC2)cc1Br. The quantitative estimate of drug-likeness (QED) is 0.814. The molecular weight excluding hydrogens is 346 g/mol. The van der Waals surface area contributed by atoms with Crippen LogP contribution in [0.25, 0.3) is 0 Å². The van der Waals surface area contributed by atoms with E-state index in [9.17, 15) is 4.79 Å². The number of hydrogen-bond donors (Lipinski definition) is 1. The van der Waals surface area contributed by atoms with Gasteiger partial charge in [0.15, 0.2) is 5.78 Å². The lowest BCUT2D eigenvalue weighted by Gasteiger charge is -2.22. The summed E-state index contributed by atoms with van der Waals surface area (Å²) in [5.41, 5.74) is 1.92. The van der Waals surface area contributed by atoms with Crippen LogP contribution in [0.3, 0.4) is 0 Å². The normalized spacial score (nSPS) is 20.3. The number of hydrogen-bond acceptors (Lipinski definition) is 2. The average Bonchev–Trinajstić information content (AvgIpc) is 2.34. The summed E-state index contributed by atoms with van der Waals surface area (Å²) in [5.74, 6) is 0.361. The van der Waals surface area contributed by atoms with Crippen LogP contribution in [0.2, 0.25) is 0 Å². The van der Waals surface area contributed by atoms with Gasteiger partial charge in [-0.2, -0.15) is 0 Å². The third-order valence-electron chi connectivity index (χ3n) is 3.18. The predicted molar refractivity (Wildman–Crippen MR) is 76.5 cm³/mol. The number of carbonyl (C=O) groups is 1. The van der Waals surface area contributed by atoms with E-state index in [4.69, 9.17) is 0 Å². The van der Waals surface area contributed by atoms with Crippen LogP contribution >= 0.6 is 31.9 Å². The van der Waals surface area contributed by atoms with Crippen molar-refractivity contribution in [2.45, 2.75) is 19.8 Å². The lowest BCUT2D eigenvalue weighted by Crippen LogP contribution is -2.34. The van der Waals surface area contributed by atoms with Crippen LogP contribution in [0.5, 0.6) is 0 Å². The van der Waals surface area contributed by atoms with Crippen LogP contribution < -0.4 is 5.32 Å². The summed E-state index contributed by atoms with van der Waals surface area (Å²) in [7, 11) is 0. The molecule has 1 atom stereocenters. The van der Waals surface area contributed by atoms with Crippen molar-refractivity contribution in [2.24, 2.45) is 5.92 Å². The molecule has 0 bridgehead atoms. The summed E-state index contributed by atoms with van der Waals surface area (Å²) in [4.78, 5) is 12.4. The second-order valence-corrected chi connectivity index (χ2v) is 6.20. The number of ketones is 1. The average molecular weight is 361 g/mol. The number of Topliss-reactive ketones (excluding diaryl/α,β-unsaturated/α-hetero) is 1. The molecule has 0 spiro atoms. The highest BCUT2D eigenvalue weighted by Crippen LogP contribution is 2.28. The molecule has 0 amide bonds. The standard InChI is InChI=1S/C13H15Br2NO/c1-8-5-12(15)10(6-11(8)14)13(17)9-3-2-4-16-7-9/h5-6,9,16H,2-4,7H2,1H3. The van der Waals surface area contributed by atoms with Crippen molar-refractivity contribution in [2.75, 3.05) is 13.1 Å². The van der Waals surface area contributed by atoms with E-state index in [1.165, 1.54) is 0 Å². The fourth-order valence-corrected chi connectivity index (χ4v) is 3.13. The molecule has 0 aromatic heterocycles. The van der Waals surface area contributed by atoms with E-state index in [1.807, 2.05) is 19.1 Å². The number of carbonyl (C=O) groups excluding carboxylic acids is 1. The second kappa shape index (κ2) is 5.63. The topological polar surface area (TPSA) is 29.1 Å². The van der Waals surface area contributed by atoms with Crippen LogP contribution in [-0.2, 0) is 0 Å². The van der Waals surface area contributed by atoms with Crippen molar-refractivity contribution >= 4 is 37.6 Å². The summed E-state index contributed by atoms with van der Waals surface area (Å²) in [6.45, 7) is 3.85. The van der Waals surface area contributed by atoms with E-state index in [2.05, 4.69) is 37.2 Å². The summed E-state index contributed by atoms with van der Waals surface area (Å²) in [6.07, 6.45) is 2.07. The number of rotatable bonds is 2.